The minimum Gasteiger partial charge on any atom is -0.346 e. The van der Waals surface area contributed by atoms with E-state index in [2.05, 4.69) is 15.7 Å². The molecule has 1 aromatic heterocycles. The van der Waals surface area contributed by atoms with E-state index < -0.39 is 0 Å². The lowest BCUT2D eigenvalue weighted by molar-refractivity contribution is 0.0915. The Morgan fingerprint density at radius 2 is 2.32 bits per heavy atom. The SMILES string of the molecule is Cn1nccc1C(=O)N[C@@H]1CNCC[C@H]1c1cccc(F)c1. The summed E-state index contributed by atoms with van der Waals surface area (Å²) in [5.41, 5.74) is 1.44. The molecule has 0 spiro atoms. The number of hydrogen-bond acceptors (Lipinski definition) is 3. The summed E-state index contributed by atoms with van der Waals surface area (Å²) in [5, 5.41) is 10.3. The summed E-state index contributed by atoms with van der Waals surface area (Å²) in [5.74, 6) is -0.294. The van der Waals surface area contributed by atoms with E-state index in [0.29, 0.717) is 12.2 Å². The topological polar surface area (TPSA) is 59.0 Å². The first-order valence-electron chi connectivity index (χ1n) is 7.40. The number of carbonyl (C=O) groups is 1. The van der Waals surface area contributed by atoms with Crippen LogP contribution in [0.1, 0.15) is 28.4 Å². The van der Waals surface area contributed by atoms with Gasteiger partial charge in [-0.25, -0.2) is 4.39 Å². The van der Waals surface area contributed by atoms with Gasteiger partial charge in [0.1, 0.15) is 11.5 Å². The highest BCUT2D eigenvalue weighted by Crippen LogP contribution is 2.26. The van der Waals surface area contributed by atoms with Crippen molar-refractivity contribution in [2.75, 3.05) is 13.1 Å². The zero-order valence-electron chi connectivity index (χ0n) is 12.4. The molecule has 0 radical (unpaired) electrons. The number of aromatic nitrogens is 2. The van der Waals surface area contributed by atoms with Gasteiger partial charge in [0.2, 0.25) is 0 Å². The van der Waals surface area contributed by atoms with Gasteiger partial charge in [0.05, 0.1) is 0 Å². The van der Waals surface area contributed by atoms with E-state index in [1.54, 1.807) is 36.1 Å². The van der Waals surface area contributed by atoms with E-state index in [4.69, 9.17) is 0 Å². The van der Waals surface area contributed by atoms with Crippen molar-refractivity contribution in [2.45, 2.75) is 18.4 Å². The van der Waals surface area contributed by atoms with Gasteiger partial charge in [-0.3, -0.25) is 9.48 Å². The predicted molar refractivity (Wildman–Crippen MR) is 81.1 cm³/mol. The van der Waals surface area contributed by atoms with Crippen LogP contribution in [-0.4, -0.2) is 34.8 Å². The van der Waals surface area contributed by atoms with Gasteiger partial charge in [0.25, 0.3) is 5.91 Å². The fourth-order valence-electron chi connectivity index (χ4n) is 2.99. The van der Waals surface area contributed by atoms with Crippen LogP contribution >= 0.6 is 0 Å². The highest BCUT2D eigenvalue weighted by molar-refractivity contribution is 5.92. The van der Waals surface area contributed by atoms with E-state index >= 15 is 0 Å². The Morgan fingerprint density at radius 3 is 3.05 bits per heavy atom. The zero-order chi connectivity index (χ0) is 15.5. The highest BCUT2D eigenvalue weighted by Gasteiger charge is 2.28. The first kappa shape index (κ1) is 14.7. The molecule has 5 nitrogen and oxygen atoms in total. The molecule has 1 aliphatic rings. The Labute approximate surface area is 128 Å². The van der Waals surface area contributed by atoms with Gasteiger partial charge in [-0.2, -0.15) is 5.10 Å². The number of piperidine rings is 1. The maximum absolute atomic E-state index is 13.5. The normalized spacial score (nSPS) is 21.5. The molecule has 2 atom stereocenters. The molecule has 1 fully saturated rings. The minimum absolute atomic E-state index is 0.0713. The van der Waals surface area contributed by atoms with Gasteiger partial charge >= 0.3 is 0 Å². The van der Waals surface area contributed by atoms with E-state index in [1.807, 2.05) is 6.07 Å². The van der Waals surface area contributed by atoms with Gasteiger partial charge in [0.15, 0.2) is 0 Å². The van der Waals surface area contributed by atoms with Crippen molar-refractivity contribution < 1.29 is 9.18 Å². The molecule has 0 saturated carbocycles. The molecule has 116 valence electrons. The maximum Gasteiger partial charge on any atom is 0.269 e. The molecule has 1 saturated heterocycles. The fraction of sp³-hybridized carbons (Fsp3) is 0.375. The monoisotopic (exact) mass is 302 g/mol. The summed E-state index contributed by atoms with van der Waals surface area (Å²) in [4.78, 5) is 12.4. The Bertz CT molecular complexity index is 670. The lowest BCUT2D eigenvalue weighted by Crippen LogP contribution is -2.50. The van der Waals surface area contributed by atoms with Gasteiger partial charge in [0, 0.05) is 31.7 Å². The second kappa shape index (κ2) is 6.27. The van der Waals surface area contributed by atoms with E-state index in [9.17, 15) is 9.18 Å². The lowest BCUT2D eigenvalue weighted by Gasteiger charge is -2.33. The van der Waals surface area contributed by atoms with Crippen LogP contribution < -0.4 is 10.6 Å². The summed E-state index contributed by atoms with van der Waals surface area (Å²) in [7, 11) is 1.73. The molecular weight excluding hydrogens is 283 g/mol. The molecule has 3 rings (SSSR count). The number of benzene rings is 1. The van der Waals surface area contributed by atoms with Crippen LogP contribution in [0.15, 0.2) is 36.5 Å². The Hall–Kier alpha value is -2.21. The predicted octanol–water partition coefficient (Wildman–Crippen LogP) is 1.43. The molecule has 2 aromatic rings. The van der Waals surface area contributed by atoms with Gasteiger partial charge in [-0.05, 0) is 36.7 Å². The zero-order valence-corrected chi connectivity index (χ0v) is 12.4. The Kier molecular flexibility index (Phi) is 4.20. The van der Waals surface area contributed by atoms with Crippen LogP contribution in [-0.2, 0) is 7.05 Å². The van der Waals surface area contributed by atoms with Gasteiger partial charge < -0.3 is 10.6 Å². The van der Waals surface area contributed by atoms with E-state index in [-0.39, 0.29) is 23.7 Å². The van der Waals surface area contributed by atoms with Crippen LogP contribution in [0.25, 0.3) is 0 Å². The van der Waals surface area contributed by atoms with E-state index in [1.165, 1.54) is 6.07 Å². The number of aryl methyl sites for hydroxylation is 1. The van der Waals surface area contributed by atoms with Crippen molar-refractivity contribution in [3.05, 3.63) is 53.6 Å². The van der Waals surface area contributed by atoms with Crippen LogP contribution in [0.4, 0.5) is 4.39 Å². The largest absolute Gasteiger partial charge is 0.346 e. The first-order valence-corrected chi connectivity index (χ1v) is 7.40. The standard InChI is InChI=1S/C16H19FN4O/c1-21-15(6-8-19-21)16(22)20-14-10-18-7-5-13(14)11-3-2-4-12(17)9-11/h2-4,6,8-9,13-14,18H,5,7,10H2,1H3,(H,20,22)/t13-,14+/m0/s1. The summed E-state index contributed by atoms with van der Waals surface area (Å²) in [6.45, 7) is 1.53. The third-order valence-electron chi connectivity index (χ3n) is 4.13. The molecule has 1 aliphatic heterocycles. The van der Waals surface area contributed by atoms with Crippen molar-refractivity contribution in [3.63, 3.8) is 0 Å². The van der Waals surface area contributed by atoms with Crippen molar-refractivity contribution >= 4 is 5.91 Å². The van der Waals surface area contributed by atoms with Crippen LogP contribution in [0.3, 0.4) is 0 Å². The quantitative estimate of drug-likeness (QED) is 0.902. The van der Waals surface area contributed by atoms with Crippen molar-refractivity contribution in [1.29, 1.82) is 0 Å². The minimum atomic E-state index is -0.243. The molecule has 2 heterocycles. The fourth-order valence-corrected chi connectivity index (χ4v) is 2.99. The number of halogens is 1. The van der Waals surface area contributed by atoms with Crippen molar-refractivity contribution in [1.82, 2.24) is 20.4 Å². The summed E-state index contributed by atoms with van der Waals surface area (Å²) < 4.78 is 15.0. The third kappa shape index (κ3) is 3.01. The number of rotatable bonds is 3. The van der Waals surface area contributed by atoms with E-state index in [0.717, 1.165) is 18.5 Å². The van der Waals surface area contributed by atoms with Gasteiger partial charge in [-0.15, -0.1) is 0 Å². The average Bonchev–Trinajstić information content (AvgIpc) is 2.94. The third-order valence-corrected chi connectivity index (χ3v) is 4.13. The molecule has 6 heteroatoms. The molecule has 0 bridgehead atoms. The number of hydrogen-bond donors (Lipinski definition) is 2. The van der Waals surface area contributed by atoms with Crippen LogP contribution in [0.2, 0.25) is 0 Å². The molecule has 1 aromatic carbocycles. The first-order chi connectivity index (χ1) is 10.6. The lowest BCUT2D eigenvalue weighted by atomic mass is 9.86. The number of nitrogens with zero attached hydrogens (tertiary/aromatic N) is 2. The second-order valence-electron chi connectivity index (χ2n) is 5.57. The van der Waals surface area contributed by atoms with Gasteiger partial charge in [-0.1, -0.05) is 12.1 Å². The summed E-state index contributed by atoms with van der Waals surface area (Å²) in [6.07, 6.45) is 2.46. The average molecular weight is 302 g/mol. The Morgan fingerprint density at radius 1 is 1.45 bits per heavy atom. The molecule has 2 N–H and O–H groups in total. The van der Waals surface area contributed by atoms with Crippen LogP contribution in [0.5, 0.6) is 0 Å². The number of amides is 1. The summed E-state index contributed by atoms with van der Waals surface area (Å²) in [6, 6.07) is 8.24. The molecular formula is C16H19FN4O. The maximum atomic E-state index is 13.5. The molecule has 0 unspecified atom stereocenters. The van der Waals surface area contributed by atoms with Crippen molar-refractivity contribution in [2.24, 2.45) is 7.05 Å². The van der Waals surface area contributed by atoms with Crippen LogP contribution in [0, 0.1) is 5.82 Å². The molecule has 0 aliphatic carbocycles. The molecule has 1 amide bonds. The highest BCUT2D eigenvalue weighted by atomic mass is 19.1. The molecule has 22 heavy (non-hydrogen) atoms. The van der Waals surface area contributed by atoms with Crippen molar-refractivity contribution in [3.8, 4) is 0 Å². The Balaban J connectivity index is 1.78. The number of nitrogens with one attached hydrogen (secondary N) is 2. The number of carbonyl (C=O) groups excluding carboxylic acids is 1. The smallest absolute Gasteiger partial charge is 0.269 e. The second-order valence-corrected chi connectivity index (χ2v) is 5.57. The summed E-state index contributed by atoms with van der Waals surface area (Å²) >= 11 is 0.